The molecule has 4 heteroatoms. The summed E-state index contributed by atoms with van der Waals surface area (Å²) in [4.78, 5) is 11.0. The molecular formula is C11H17N2O2+. The molecule has 4 nitrogen and oxygen atoms in total. The Morgan fingerprint density at radius 3 is 2.53 bits per heavy atom. The lowest BCUT2D eigenvalue weighted by molar-refractivity contribution is 0.203. The minimum atomic E-state index is -0.450. The fourth-order valence-corrected chi connectivity index (χ4v) is 1.12. The lowest BCUT2D eigenvalue weighted by Gasteiger charge is -2.23. The second kappa shape index (κ2) is 4.31. The summed E-state index contributed by atoms with van der Waals surface area (Å²) in [6, 6.07) is 7.48. The van der Waals surface area contributed by atoms with Crippen LogP contribution in [0.3, 0.4) is 0 Å². The Morgan fingerprint density at radius 2 is 2.00 bits per heavy atom. The number of rotatable bonds is 2. The second-order valence-electron chi connectivity index (χ2n) is 4.15. The van der Waals surface area contributed by atoms with E-state index in [9.17, 15) is 4.79 Å². The number of hydrogen-bond acceptors (Lipinski definition) is 2. The van der Waals surface area contributed by atoms with Gasteiger partial charge in [0.1, 0.15) is 11.4 Å². The Bertz CT molecular complexity index is 356. The van der Waals surface area contributed by atoms with E-state index in [1.54, 1.807) is 6.07 Å². The Hall–Kier alpha value is -1.55. The van der Waals surface area contributed by atoms with Crippen molar-refractivity contribution in [3.63, 3.8) is 0 Å². The quantitative estimate of drug-likeness (QED) is 0.751. The summed E-state index contributed by atoms with van der Waals surface area (Å²) < 4.78 is 5.72. The molecule has 0 atom stereocenters. The largest absolute Gasteiger partial charge is 0.412 e. The number of amides is 1. The van der Waals surface area contributed by atoms with Gasteiger partial charge in [0, 0.05) is 13.1 Å². The SMILES string of the molecule is CNC(=O)Oc1cccc([N+](C)(C)C)c1. The van der Waals surface area contributed by atoms with E-state index in [1.165, 1.54) is 7.05 Å². The zero-order valence-corrected chi connectivity index (χ0v) is 9.57. The summed E-state index contributed by atoms with van der Waals surface area (Å²) in [5, 5.41) is 2.41. The van der Waals surface area contributed by atoms with E-state index >= 15 is 0 Å². The predicted octanol–water partition coefficient (Wildman–Crippen LogP) is 1.60. The van der Waals surface area contributed by atoms with Gasteiger partial charge >= 0.3 is 6.09 Å². The molecule has 0 aliphatic rings. The van der Waals surface area contributed by atoms with Crippen molar-refractivity contribution in [3.8, 4) is 5.75 Å². The maximum atomic E-state index is 11.0. The molecule has 0 radical (unpaired) electrons. The molecule has 0 saturated heterocycles. The molecule has 0 saturated carbocycles. The molecule has 0 unspecified atom stereocenters. The van der Waals surface area contributed by atoms with Crippen LogP contribution in [-0.4, -0.2) is 34.3 Å². The van der Waals surface area contributed by atoms with Crippen molar-refractivity contribution >= 4 is 11.8 Å². The van der Waals surface area contributed by atoms with Crippen LogP contribution in [0.5, 0.6) is 5.75 Å². The highest BCUT2D eigenvalue weighted by atomic mass is 16.5. The van der Waals surface area contributed by atoms with E-state index in [0.29, 0.717) is 10.2 Å². The Labute approximate surface area is 90.1 Å². The van der Waals surface area contributed by atoms with E-state index in [4.69, 9.17) is 4.74 Å². The van der Waals surface area contributed by atoms with Gasteiger partial charge in [-0.15, -0.1) is 0 Å². The van der Waals surface area contributed by atoms with Crippen molar-refractivity contribution in [2.24, 2.45) is 0 Å². The first-order valence-electron chi connectivity index (χ1n) is 4.75. The van der Waals surface area contributed by atoms with Gasteiger partial charge in [0.15, 0.2) is 0 Å². The molecule has 1 amide bonds. The van der Waals surface area contributed by atoms with Gasteiger partial charge in [-0.3, -0.25) is 4.48 Å². The van der Waals surface area contributed by atoms with Crippen LogP contribution in [0.4, 0.5) is 10.5 Å². The van der Waals surface area contributed by atoms with Crippen LogP contribution >= 0.6 is 0 Å². The van der Waals surface area contributed by atoms with Crippen molar-refractivity contribution in [2.75, 3.05) is 28.2 Å². The molecule has 0 bridgehead atoms. The number of benzene rings is 1. The molecular weight excluding hydrogens is 192 g/mol. The van der Waals surface area contributed by atoms with Crippen molar-refractivity contribution < 1.29 is 9.53 Å². The third-order valence-electron chi connectivity index (χ3n) is 2.01. The number of carbonyl (C=O) groups is 1. The Balaban J connectivity index is 2.88. The molecule has 0 aliphatic heterocycles. The first kappa shape index (κ1) is 11.5. The molecule has 0 aromatic heterocycles. The third-order valence-corrected chi connectivity index (χ3v) is 2.01. The highest BCUT2D eigenvalue weighted by Crippen LogP contribution is 2.22. The summed E-state index contributed by atoms with van der Waals surface area (Å²) >= 11 is 0. The number of hydrogen-bond donors (Lipinski definition) is 1. The van der Waals surface area contributed by atoms with E-state index in [1.807, 2.05) is 18.2 Å². The maximum absolute atomic E-state index is 11.0. The van der Waals surface area contributed by atoms with Gasteiger partial charge in [0.25, 0.3) is 0 Å². The van der Waals surface area contributed by atoms with Crippen LogP contribution in [-0.2, 0) is 0 Å². The van der Waals surface area contributed by atoms with Crippen LogP contribution in [0.25, 0.3) is 0 Å². The van der Waals surface area contributed by atoms with Crippen LogP contribution < -0.4 is 14.5 Å². The summed E-state index contributed by atoms with van der Waals surface area (Å²) in [5.41, 5.74) is 1.08. The smallest absolute Gasteiger partial charge is 0.410 e. The van der Waals surface area contributed by atoms with E-state index in [0.717, 1.165) is 5.69 Å². The molecule has 82 valence electrons. The first-order valence-corrected chi connectivity index (χ1v) is 4.75. The molecule has 1 aromatic rings. The van der Waals surface area contributed by atoms with Gasteiger partial charge in [0.2, 0.25) is 0 Å². The first-order chi connectivity index (χ1) is 6.93. The van der Waals surface area contributed by atoms with E-state index in [-0.39, 0.29) is 0 Å². The van der Waals surface area contributed by atoms with E-state index < -0.39 is 6.09 Å². The molecule has 0 aliphatic carbocycles. The average molecular weight is 209 g/mol. The van der Waals surface area contributed by atoms with Crippen LogP contribution in [0.1, 0.15) is 0 Å². The van der Waals surface area contributed by atoms with Crippen LogP contribution in [0.15, 0.2) is 24.3 Å². The highest BCUT2D eigenvalue weighted by Gasteiger charge is 2.13. The van der Waals surface area contributed by atoms with Crippen molar-refractivity contribution in [1.29, 1.82) is 0 Å². The summed E-state index contributed by atoms with van der Waals surface area (Å²) in [5.74, 6) is 0.555. The van der Waals surface area contributed by atoms with Crippen LogP contribution in [0.2, 0.25) is 0 Å². The zero-order valence-electron chi connectivity index (χ0n) is 9.57. The molecule has 15 heavy (non-hydrogen) atoms. The van der Waals surface area contributed by atoms with Crippen molar-refractivity contribution in [2.45, 2.75) is 0 Å². The minimum absolute atomic E-state index is 0.450. The second-order valence-corrected chi connectivity index (χ2v) is 4.15. The van der Waals surface area contributed by atoms with Gasteiger partial charge in [-0.05, 0) is 12.1 Å². The highest BCUT2D eigenvalue weighted by molar-refractivity contribution is 5.70. The Morgan fingerprint density at radius 1 is 1.33 bits per heavy atom. The molecule has 0 heterocycles. The van der Waals surface area contributed by atoms with Gasteiger partial charge in [-0.1, -0.05) is 6.07 Å². The van der Waals surface area contributed by atoms with Gasteiger partial charge in [0.05, 0.1) is 21.1 Å². The lowest BCUT2D eigenvalue weighted by atomic mass is 10.2. The fraction of sp³-hybridized carbons (Fsp3) is 0.364. The van der Waals surface area contributed by atoms with E-state index in [2.05, 4.69) is 26.5 Å². The lowest BCUT2D eigenvalue weighted by Crippen LogP contribution is -2.34. The summed E-state index contributed by atoms with van der Waals surface area (Å²) in [7, 11) is 7.70. The average Bonchev–Trinajstić information content (AvgIpc) is 2.17. The summed E-state index contributed by atoms with van der Waals surface area (Å²) in [6.07, 6.45) is -0.450. The molecule has 0 spiro atoms. The molecule has 1 N–H and O–H groups in total. The molecule has 0 fully saturated rings. The number of quaternary nitrogens is 1. The molecule has 1 aromatic carbocycles. The monoisotopic (exact) mass is 209 g/mol. The minimum Gasteiger partial charge on any atom is -0.410 e. The predicted molar refractivity (Wildman–Crippen MR) is 61.1 cm³/mol. The third kappa shape index (κ3) is 3.25. The van der Waals surface area contributed by atoms with Crippen LogP contribution in [0, 0.1) is 0 Å². The number of carbonyl (C=O) groups excluding carboxylic acids is 1. The number of nitrogens with one attached hydrogen (secondary N) is 1. The summed E-state index contributed by atoms with van der Waals surface area (Å²) in [6.45, 7) is 0. The molecule has 1 rings (SSSR count). The zero-order chi connectivity index (χ0) is 11.5. The topological polar surface area (TPSA) is 38.3 Å². The van der Waals surface area contributed by atoms with Gasteiger partial charge in [-0.25, -0.2) is 4.79 Å². The van der Waals surface area contributed by atoms with Crippen molar-refractivity contribution in [3.05, 3.63) is 24.3 Å². The van der Waals surface area contributed by atoms with Gasteiger partial charge in [-0.2, -0.15) is 0 Å². The van der Waals surface area contributed by atoms with Gasteiger partial charge < -0.3 is 10.1 Å². The Kier molecular flexibility index (Phi) is 3.31. The maximum Gasteiger partial charge on any atom is 0.412 e. The normalized spacial score (nSPS) is 10.9. The number of ether oxygens (including phenoxy) is 1. The number of nitrogens with zero attached hydrogens (tertiary/aromatic N) is 1. The standard InChI is InChI=1S/C11H16N2O2/c1-12-11(14)15-10-7-5-6-9(8-10)13(2,3)4/h5-8H,1-4H3/p+1. The fourth-order valence-electron chi connectivity index (χ4n) is 1.12. The van der Waals surface area contributed by atoms with Crippen molar-refractivity contribution in [1.82, 2.24) is 9.80 Å².